The van der Waals surface area contributed by atoms with E-state index in [0.29, 0.717) is 19.4 Å². The highest BCUT2D eigenvalue weighted by Crippen LogP contribution is 2.30. The molecular weight excluding hydrogens is 294 g/mol. The van der Waals surface area contributed by atoms with E-state index in [2.05, 4.69) is 5.32 Å². The van der Waals surface area contributed by atoms with E-state index in [0.717, 1.165) is 24.2 Å². The minimum atomic E-state index is -0.792. The Morgan fingerprint density at radius 3 is 2.78 bits per heavy atom. The van der Waals surface area contributed by atoms with Crippen LogP contribution in [0.2, 0.25) is 0 Å². The molecule has 1 aromatic carbocycles. The molecule has 0 aliphatic heterocycles. The molecule has 0 spiro atoms. The molecule has 1 fully saturated rings. The number of amides is 1. The van der Waals surface area contributed by atoms with Crippen molar-refractivity contribution in [3.05, 3.63) is 29.8 Å². The highest BCUT2D eigenvalue weighted by atomic mass is 16.5. The predicted octanol–water partition coefficient (Wildman–Crippen LogP) is 3.15. The second-order valence-electron chi connectivity index (χ2n) is 6.13. The summed E-state index contributed by atoms with van der Waals surface area (Å²) in [5, 5.41) is 12.1. The standard InChI is InChI=1S/C18H25NO4/c1-3-23-16-9-5-6-13(11-16)12(2)19-17(20)14-7-4-8-15(10-14)18(21)22/h5-6,9,11-12,14-15H,3-4,7-8,10H2,1-2H3,(H,19,20)(H,21,22). The van der Waals surface area contributed by atoms with Crippen molar-refractivity contribution >= 4 is 11.9 Å². The summed E-state index contributed by atoms with van der Waals surface area (Å²) >= 11 is 0. The number of carbonyl (C=O) groups excluding carboxylic acids is 1. The average molecular weight is 319 g/mol. The predicted molar refractivity (Wildman–Crippen MR) is 87.3 cm³/mol. The maximum absolute atomic E-state index is 12.4. The van der Waals surface area contributed by atoms with Gasteiger partial charge in [0.05, 0.1) is 18.6 Å². The first kappa shape index (κ1) is 17.3. The first-order valence-electron chi connectivity index (χ1n) is 8.27. The molecule has 23 heavy (non-hydrogen) atoms. The fraction of sp³-hybridized carbons (Fsp3) is 0.556. The average Bonchev–Trinajstić information content (AvgIpc) is 2.55. The topological polar surface area (TPSA) is 75.6 Å². The van der Waals surface area contributed by atoms with Gasteiger partial charge in [-0.2, -0.15) is 0 Å². The normalized spacial score (nSPS) is 22.2. The molecule has 126 valence electrons. The number of carboxylic acid groups (broad SMARTS) is 1. The van der Waals surface area contributed by atoms with Gasteiger partial charge in [0.25, 0.3) is 0 Å². The van der Waals surface area contributed by atoms with E-state index in [1.54, 1.807) is 0 Å². The third-order valence-electron chi connectivity index (χ3n) is 4.42. The summed E-state index contributed by atoms with van der Waals surface area (Å²) in [7, 11) is 0. The lowest BCUT2D eigenvalue weighted by molar-refractivity contribution is -0.144. The second-order valence-corrected chi connectivity index (χ2v) is 6.13. The molecule has 0 bridgehead atoms. The van der Waals surface area contributed by atoms with Gasteiger partial charge in [0.2, 0.25) is 5.91 Å². The molecule has 0 saturated heterocycles. The Bertz CT molecular complexity index is 558. The van der Waals surface area contributed by atoms with Crippen LogP contribution in [0.25, 0.3) is 0 Å². The Labute approximate surface area is 137 Å². The zero-order valence-corrected chi connectivity index (χ0v) is 13.7. The van der Waals surface area contributed by atoms with Gasteiger partial charge in [-0.25, -0.2) is 0 Å². The molecule has 1 aliphatic rings. The number of carboxylic acids is 1. The van der Waals surface area contributed by atoms with Crippen LogP contribution in [0.15, 0.2) is 24.3 Å². The van der Waals surface area contributed by atoms with Gasteiger partial charge < -0.3 is 15.2 Å². The van der Waals surface area contributed by atoms with Crippen LogP contribution in [0.4, 0.5) is 0 Å². The van der Waals surface area contributed by atoms with Crippen LogP contribution in [0.5, 0.6) is 5.75 Å². The lowest BCUT2D eigenvalue weighted by Crippen LogP contribution is -2.36. The highest BCUT2D eigenvalue weighted by molar-refractivity contribution is 5.80. The lowest BCUT2D eigenvalue weighted by Gasteiger charge is -2.27. The van der Waals surface area contributed by atoms with E-state index in [1.807, 2.05) is 38.1 Å². The first-order valence-corrected chi connectivity index (χ1v) is 8.27. The maximum atomic E-state index is 12.4. The molecule has 0 aromatic heterocycles. The minimum absolute atomic E-state index is 0.0507. The molecule has 2 rings (SSSR count). The van der Waals surface area contributed by atoms with Crippen molar-refractivity contribution in [3.8, 4) is 5.75 Å². The van der Waals surface area contributed by atoms with Crippen molar-refractivity contribution < 1.29 is 19.4 Å². The zero-order chi connectivity index (χ0) is 16.8. The molecule has 5 nitrogen and oxygen atoms in total. The summed E-state index contributed by atoms with van der Waals surface area (Å²) in [4.78, 5) is 23.5. The van der Waals surface area contributed by atoms with Crippen molar-refractivity contribution in [2.45, 2.75) is 45.6 Å². The lowest BCUT2D eigenvalue weighted by atomic mass is 9.81. The number of hydrogen-bond acceptors (Lipinski definition) is 3. The minimum Gasteiger partial charge on any atom is -0.494 e. The van der Waals surface area contributed by atoms with E-state index in [-0.39, 0.29) is 17.9 Å². The molecule has 1 aliphatic carbocycles. The Morgan fingerprint density at radius 1 is 1.35 bits per heavy atom. The number of hydrogen-bond donors (Lipinski definition) is 2. The largest absolute Gasteiger partial charge is 0.494 e. The molecular formula is C18H25NO4. The summed E-state index contributed by atoms with van der Waals surface area (Å²) in [5.41, 5.74) is 0.981. The van der Waals surface area contributed by atoms with Crippen LogP contribution in [0.3, 0.4) is 0 Å². The molecule has 0 radical (unpaired) electrons. The zero-order valence-electron chi connectivity index (χ0n) is 13.7. The fourth-order valence-electron chi connectivity index (χ4n) is 3.11. The fourth-order valence-corrected chi connectivity index (χ4v) is 3.11. The summed E-state index contributed by atoms with van der Waals surface area (Å²) < 4.78 is 5.48. The van der Waals surface area contributed by atoms with Gasteiger partial charge in [-0.1, -0.05) is 18.6 Å². The van der Waals surface area contributed by atoms with Gasteiger partial charge in [0, 0.05) is 5.92 Å². The molecule has 3 unspecified atom stereocenters. The third kappa shape index (κ3) is 4.71. The van der Waals surface area contributed by atoms with Crippen LogP contribution in [0, 0.1) is 11.8 Å². The van der Waals surface area contributed by atoms with Gasteiger partial charge >= 0.3 is 5.97 Å². The Morgan fingerprint density at radius 2 is 2.09 bits per heavy atom. The van der Waals surface area contributed by atoms with Crippen molar-refractivity contribution in [1.29, 1.82) is 0 Å². The number of carbonyl (C=O) groups is 2. The number of rotatable bonds is 6. The first-order chi connectivity index (χ1) is 11.0. The van der Waals surface area contributed by atoms with Gasteiger partial charge in [-0.3, -0.25) is 9.59 Å². The Hall–Kier alpha value is -2.04. The van der Waals surface area contributed by atoms with E-state index < -0.39 is 11.9 Å². The summed E-state index contributed by atoms with van der Waals surface area (Å²) in [6.45, 7) is 4.46. The molecule has 0 heterocycles. The SMILES string of the molecule is CCOc1cccc(C(C)NC(=O)C2CCCC(C(=O)O)C2)c1. The summed E-state index contributed by atoms with van der Waals surface area (Å²) in [6, 6.07) is 7.54. The van der Waals surface area contributed by atoms with Crippen LogP contribution in [-0.4, -0.2) is 23.6 Å². The number of aliphatic carboxylic acids is 1. The van der Waals surface area contributed by atoms with Crippen molar-refractivity contribution in [1.82, 2.24) is 5.32 Å². The number of ether oxygens (including phenoxy) is 1. The molecule has 1 aromatic rings. The van der Waals surface area contributed by atoms with E-state index in [4.69, 9.17) is 9.84 Å². The number of nitrogens with one attached hydrogen (secondary N) is 1. The van der Waals surface area contributed by atoms with Crippen LogP contribution < -0.4 is 10.1 Å². The van der Waals surface area contributed by atoms with Gasteiger partial charge in [0.1, 0.15) is 5.75 Å². The van der Waals surface area contributed by atoms with Crippen molar-refractivity contribution in [3.63, 3.8) is 0 Å². The molecule has 3 atom stereocenters. The van der Waals surface area contributed by atoms with Crippen LogP contribution in [0.1, 0.15) is 51.1 Å². The van der Waals surface area contributed by atoms with Crippen molar-refractivity contribution in [2.24, 2.45) is 11.8 Å². The molecule has 2 N–H and O–H groups in total. The monoisotopic (exact) mass is 319 g/mol. The second kappa shape index (κ2) is 7.99. The van der Waals surface area contributed by atoms with E-state index in [1.165, 1.54) is 0 Å². The Balaban J connectivity index is 1.96. The van der Waals surface area contributed by atoms with Crippen LogP contribution >= 0.6 is 0 Å². The van der Waals surface area contributed by atoms with Crippen LogP contribution in [-0.2, 0) is 9.59 Å². The molecule has 1 saturated carbocycles. The highest BCUT2D eigenvalue weighted by Gasteiger charge is 2.31. The summed E-state index contributed by atoms with van der Waals surface area (Å²) in [6.07, 6.45) is 2.67. The summed E-state index contributed by atoms with van der Waals surface area (Å²) in [5.74, 6) is -0.654. The maximum Gasteiger partial charge on any atom is 0.306 e. The quantitative estimate of drug-likeness (QED) is 0.844. The van der Waals surface area contributed by atoms with Gasteiger partial charge in [0.15, 0.2) is 0 Å². The van der Waals surface area contributed by atoms with E-state index in [9.17, 15) is 9.59 Å². The smallest absolute Gasteiger partial charge is 0.306 e. The van der Waals surface area contributed by atoms with Gasteiger partial charge in [-0.15, -0.1) is 0 Å². The van der Waals surface area contributed by atoms with E-state index >= 15 is 0 Å². The number of benzene rings is 1. The molecule has 5 heteroatoms. The van der Waals surface area contributed by atoms with Crippen molar-refractivity contribution in [2.75, 3.05) is 6.61 Å². The third-order valence-corrected chi connectivity index (χ3v) is 4.42. The Kier molecular flexibility index (Phi) is 6.02. The van der Waals surface area contributed by atoms with Gasteiger partial charge in [-0.05, 0) is 50.8 Å². The molecule has 1 amide bonds.